The molecule has 0 radical (unpaired) electrons. The van der Waals surface area contributed by atoms with E-state index in [4.69, 9.17) is 15.6 Å². The Morgan fingerprint density at radius 3 is 2.39 bits per heavy atom. The van der Waals surface area contributed by atoms with Crippen molar-refractivity contribution in [3.8, 4) is 11.3 Å². The molecule has 6 nitrogen and oxygen atoms in total. The van der Waals surface area contributed by atoms with Crippen molar-refractivity contribution in [2.75, 3.05) is 12.8 Å². The molecule has 7 heteroatoms. The lowest BCUT2D eigenvalue weighted by Gasteiger charge is -2.11. The minimum absolute atomic E-state index is 0.0927. The highest BCUT2D eigenvalue weighted by Gasteiger charge is 2.15. The molecule has 0 unspecified atom stereocenters. The highest BCUT2D eigenvalue weighted by molar-refractivity contribution is 7.99. The maximum atomic E-state index is 8.35. The van der Waals surface area contributed by atoms with Gasteiger partial charge in [0.1, 0.15) is 5.69 Å². The summed E-state index contributed by atoms with van der Waals surface area (Å²) in [4.78, 5) is 10.2. The molecule has 0 bridgehead atoms. The molecule has 3 aromatic rings. The normalized spacial score (nSPS) is 10.7. The molecule has 31 heavy (non-hydrogen) atoms. The van der Waals surface area contributed by atoms with Crippen LogP contribution in [0.15, 0.2) is 59.6 Å². The van der Waals surface area contributed by atoms with Gasteiger partial charge in [0.25, 0.3) is 0 Å². The number of ether oxygens (including phenoxy) is 1. The first-order valence-corrected chi connectivity index (χ1v) is 11.2. The van der Waals surface area contributed by atoms with Gasteiger partial charge >= 0.3 is 0 Å². The van der Waals surface area contributed by atoms with E-state index in [0.29, 0.717) is 22.6 Å². The van der Waals surface area contributed by atoms with E-state index in [0.717, 1.165) is 29.8 Å². The predicted octanol–water partition coefficient (Wildman–Crippen LogP) is 5.04. The Bertz CT molecular complexity index is 1050. The van der Waals surface area contributed by atoms with Crippen molar-refractivity contribution >= 4 is 23.6 Å². The first kappa shape index (κ1) is 22.7. The molecule has 0 aliphatic heterocycles. The quantitative estimate of drug-likeness (QED) is 0.263. The van der Waals surface area contributed by atoms with Crippen LogP contribution in [-0.4, -0.2) is 34.6 Å². The van der Waals surface area contributed by atoms with Crippen LogP contribution >= 0.6 is 11.8 Å². The Morgan fingerprint density at radius 2 is 1.74 bits per heavy atom. The summed E-state index contributed by atoms with van der Waals surface area (Å²) in [5.41, 5.74) is 4.23. The van der Waals surface area contributed by atoms with Gasteiger partial charge in [0, 0.05) is 22.6 Å². The fourth-order valence-corrected chi connectivity index (χ4v) is 3.70. The van der Waals surface area contributed by atoms with Crippen LogP contribution in [0, 0.1) is 17.7 Å². The smallest absolute Gasteiger partial charge is 0.241 e. The zero-order valence-corrected chi connectivity index (χ0v) is 18.8. The van der Waals surface area contributed by atoms with Crippen LogP contribution < -0.4 is 5.32 Å². The average Bonchev–Trinajstić information content (AvgIpc) is 2.79. The lowest BCUT2D eigenvalue weighted by atomic mass is 10.1. The molecular weight excluding hydrogens is 406 g/mol. The summed E-state index contributed by atoms with van der Waals surface area (Å²) in [5.74, 6) is 0.808. The molecule has 0 amide bonds. The van der Waals surface area contributed by atoms with Crippen molar-refractivity contribution in [2.24, 2.45) is 0 Å². The Balaban J connectivity index is 1.74. The number of hydrogen-bond donors (Lipinski definition) is 3. The summed E-state index contributed by atoms with van der Waals surface area (Å²) in [6.07, 6.45) is 2.84. The minimum Gasteiger partial charge on any atom is -0.419 e. The number of aryl methyl sites for hydroxylation is 1. The van der Waals surface area contributed by atoms with Gasteiger partial charge in [-0.25, -0.2) is 4.98 Å². The van der Waals surface area contributed by atoms with Gasteiger partial charge in [-0.1, -0.05) is 31.2 Å². The topological polar surface area (TPSA) is 94.7 Å². The van der Waals surface area contributed by atoms with Crippen molar-refractivity contribution < 1.29 is 4.74 Å². The van der Waals surface area contributed by atoms with Crippen molar-refractivity contribution in [1.29, 1.82) is 10.8 Å². The van der Waals surface area contributed by atoms with E-state index in [9.17, 15) is 0 Å². The second-order valence-corrected chi connectivity index (χ2v) is 8.22. The molecule has 0 atom stereocenters. The van der Waals surface area contributed by atoms with E-state index in [1.807, 2.05) is 55.2 Å². The van der Waals surface area contributed by atoms with Crippen LogP contribution in [0.1, 0.15) is 35.9 Å². The summed E-state index contributed by atoms with van der Waals surface area (Å²) in [7, 11) is 1.89. The Hall–Kier alpha value is -3.03. The summed E-state index contributed by atoms with van der Waals surface area (Å²) < 4.78 is 5.50. The average molecular weight is 434 g/mol. The number of hydrogen-bond acceptors (Lipinski definition) is 7. The van der Waals surface area contributed by atoms with Gasteiger partial charge in [0.15, 0.2) is 0 Å². The van der Waals surface area contributed by atoms with Gasteiger partial charge < -0.3 is 10.1 Å². The summed E-state index contributed by atoms with van der Waals surface area (Å²) in [6.45, 7) is 4.70. The first-order valence-electron chi connectivity index (χ1n) is 10.2. The van der Waals surface area contributed by atoms with Crippen LogP contribution in [0.25, 0.3) is 11.3 Å². The van der Waals surface area contributed by atoms with E-state index >= 15 is 0 Å². The third kappa shape index (κ3) is 5.99. The Labute approximate surface area is 187 Å². The fourth-order valence-electron chi connectivity index (χ4n) is 2.93. The number of nitrogens with zero attached hydrogens (tertiary/aromatic N) is 2. The molecule has 3 N–H and O–H groups in total. The van der Waals surface area contributed by atoms with Gasteiger partial charge in [0.05, 0.1) is 17.6 Å². The summed E-state index contributed by atoms with van der Waals surface area (Å²) in [5, 5.41) is 19.7. The second kappa shape index (κ2) is 10.8. The third-order valence-electron chi connectivity index (χ3n) is 4.59. The molecule has 0 saturated carbocycles. The number of thioether (sulfide) groups is 1. The van der Waals surface area contributed by atoms with Crippen molar-refractivity contribution in [1.82, 2.24) is 15.3 Å². The first-order chi connectivity index (χ1) is 15.0. The molecule has 2 aromatic carbocycles. The molecule has 1 heterocycles. The van der Waals surface area contributed by atoms with Crippen LogP contribution in [-0.2, 0) is 11.3 Å². The van der Waals surface area contributed by atoms with Gasteiger partial charge in [-0.2, -0.15) is 0 Å². The lowest BCUT2D eigenvalue weighted by molar-refractivity contribution is 0.534. The van der Waals surface area contributed by atoms with E-state index in [1.165, 1.54) is 4.90 Å². The van der Waals surface area contributed by atoms with Gasteiger partial charge in [-0.3, -0.25) is 15.8 Å². The van der Waals surface area contributed by atoms with E-state index in [2.05, 4.69) is 34.3 Å². The zero-order chi connectivity index (χ0) is 22.2. The van der Waals surface area contributed by atoms with E-state index in [-0.39, 0.29) is 11.8 Å². The molecule has 3 rings (SSSR count). The maximum Gasteiger partial charge on any atom is 0.241 e. The Kier molecular flexibility index (Phi) is 7.92. The highest BCUT2D eigenvalue weighted by atomic mass is 32.2. The SMILES string of the molecule is CCCSc1ccc(-c2cnc(C)c(C(=N)OC(=N)c3ccc(CNC)cc3)n2)cc1. The van der Waals surface area contributed by atoms with Gasteiger partial charge in [0.2, 0.25) is 11.8 Å². The molecule has 0 fully saturated rings. The van der Waals surface area contributed by atoms with Crippen LogP contribution in [0.3, 0.4) is 0 Å². The Morgan fingerprint density at radius 1 is 1.03 bits per heavy atom. The predicted molar refractivity (Wildman–Crippen MR) is 127 cm³/mol. The monoisotopic (exact) mass is 433 g/mol. The van der Waals surface area contributed by atoms with Crippen molar-refractivity contribution in [3.63, 3.8) is 0 Å². The number of nitrogens with one attached hydrogen (secondary N) is 3. The third-order valence-corrected chi connectivity index (χ3v) is 5.81. The van der Waals surface area contributed by atoms with Gasteiger partial charge in [-0.05, 0) is 56.0 Å². The largest absolute Gasteiger partial charge is 0.419 e. The standard InChI is InChI=1S/C24H27N5OS/c1-4-13-31-20-11-9-18(10-12-20)21-15-28-16(2)22(29-21)24(26)30-23(25)19-7-5-17(6-8-19)14-27-3/h5-12,15,25-27H,4,13-14H2,1-3H3. The summed E-state index contributed by atoms with van der Waals surface area (Å²) >= 11 is 1.83. The zero-order valence-electron chi connectivity index (χ0n) is 18.0. The molecule has 0 aliphatic carbocycles. The molecule has 0 spiro atoms. The van der Waals surface area contributed by atoms with E-state index < -0.39 is 0 Å². The molecule has 160 valence electrons. The molecule has 0 saturated heterocycles. The van der Waals surface area contributed by atoms with Crippen LogP contribution in [0.5, 0.6) is 0 Å². The van der Waals surface area contributed by atoms with Gasteiger partial charge in [-0.15, -0.1) is 11.8 Å². The van der Waals surface area contributed by atoms with Crippen molar-refractivity contribution in [3.05, 3.63) is 77.2 Å². The van der Waals surface area contributed by atoms with Crippen LogP contribution in [0.4, 0.5) is 0 Å². The maximum absolute atomic E-state index is 8.35. The number of rotatable bonds is 8. The minimum atomic E-state index is -0.189. The fraction of sp³-hybridized carbons (Fsp3) is 0.250. The van der Waals surface area contributed by atoms with Crippen molar-refractivity contribution in [2.45, 2.75) is 31.7 Å². The second-order valence-electron chi connectivity index (χ2n) is 7.05. The molecular formula is C24H27N5OS. The number of benzene rings is 2. The van der Waals surface area contributed by atoms with Crippen LogP contribution in [0.2, 0.25) is 0 Å². The van der Waals surface area contributed by atoms with E-state index in [1.54, 1.807) is 13.1 Å². The number of aromatic nitrogens is 2. The molecule has 0 aliphatic rings. The lowest BCUT2D eigenvalue weighted by Crippen LogP contribution is -2.16. The highest BCUT2D eigenvalue weighted by Crippen LogP contribution is 2.24. The summed E-state index contributed by atoms with van der Waals surface area (Å²) in [6, 6.07) is 15.7. The molecule has 1 aromatic heterocycles.